The number of hydrogen-bond acceptors (Lipinski definition) is 0. The Hall–Kier alpha value is 0.242. The van der Waals surface area contributed by atoms with E-state index in [1.165, 1.54) is 0 Å². The van der Waals surface area contributed by atoms with E-state index in [1.54, 1.807) is 0 Å². The zero-order valence-corrected chi connectivity index (χ0v) is 4.14. The van der Waals surface area contributed by atoms with Gasteiger partial charge in [0.2, 0.25) is 0 Å². The Morgan fingerprint density at radius 2 is 0.571 bits per heavy atom. The molecule has 0 saturated carbocycles. The van der Waals surface area contributed by atoms with Crippen molar-refractivity contribution in [1.29, 1.82) is 0 Å². The first kappa shape index (κ1) is 7.24. The number of rotatable bonds is 0. The van der Waals surface area contributed by atoms with Gasteiger partial charge in [-0.1, -0.05) is 0 Å². The molecule has 0 atom stereocenters. The van der Waals surface area contributed by atoms with Crippen molar-refractivity contribution in [2.24, 2.45) is 0 Å². The third-order valence-corrected chi connectivity index (χ3v) is 0. The molecule has 7 heavy (non-hydrogen) atoms. The van der Waals surface area contributed by atoms with E-state index in [9.17, 15) is 19.3 Å². The van der Waals surface area contributed by atoms with Crippen molar-refractivity contribution in [2.45, 2.75) is 0 Å². The molecule has 0 saturated heterocycles. The standard InChI is InChI=1S/6FH.Pd/h6*1H;/q;;;;;;+4/p-6. The van der Waals surface area contributed by atoms with Crippen LogP contribution in [-0.2, 0) is 16.2 Å². The molecular weight excluding hydrogens is 220 g/mol. The Morgan fingerprint density at radius 1 is 0.571 bits per heavy atom. The Balaban J connectivity index is 4.43. The molecule has 0 rings (SSSR count). The Kier molecular flexibility index (Phi) is 0.764. The molecule has 0 bridgehead atoms. The summed E-state index contributed by atoms with van der Waals surface area (Å²) < 4.78 is 59.4. The minimum atomic E-state index is -10.9. The van der Waals surface area contributed by atoms with Crippen molar-refractivity contribution >= 4 is 0 Å². The predicted molar refractivity (Wildman–Crippen MR) is 6.65 cm³/mol. The Morgan fingerprint density at radius 3 is 0.571 bits per heavy atom. The van der Waals surface area contributed by atoms with Crippen molar-refractivity contribution in [2.75, 3.05) is 0 Å². The first-order valence-electron chi connectivity index (χ1n) is 0.717. The van der Waals surface area contributed by atoms with Crippen molar-refractivity contribution in [3.63, 3.8) is 0 Å². The van der Waals surface area contributed by atoms with E-state index in [1.807, 2.05) is 0 Å². The molecule has 0 amide bonds. The van der Waals surface area contributed by atoms with Gasteiger partial charge in [0.15, 0.2) is 0 Å². The fourth-order valence-electron chi connectivity index (χ4n) is 0. The summed E-state index contributed by atoms with van der Waals surface area (Å²) in [5.41, 5.74) is 0. The summed E-state index contributed by atoms with van der Waals surface area (Å²) in [7, 11) is 0. The first-order valence-corrected chi connectivity index (χ1v) is 4.24. The zero-order valence-electron chi connectivity index (χ0n) is 2.58. The average Bonchev–Trinajstić information content (AvgIpc) is 0.592. The molecule has 0 unspecified atom stereocenters. The molecule has 0 aromatic carbocycles. The molecule has 0 aromatic rings. The van der Waals surface area contributed by atoms with Crippen LogP contribution in [0.1, 0.15) is 0 Å². The van der Waals surface area contributed by atoms with Crippen LogP contribution < -0.4 is 0 Å². The van der Waals surface area contributed by atoms with Gasteiger partial charge < -0.3 is 0 Å². The summed E-state index contributed by atoms with van der Waals surface area (Å²) in [6, 6.07) is 0. The van der Waals surface area contributed by atoms with Crippen LogP contribution in [0.25, 0.3) is 0 Å². The quantitative estimate of drug-likeness (QED) is 0.435. The predicted octanol–water partition coefficient (Wildman–Crippen LogP) is 2.52. The molecule has 54 valence electrons. The molecule has 0 spiro atoms. The van der Waals surface area contributed by atoms with E-state index in [2.05, 4.69) is 0 Å². The number of halogens is 6. The normalized spacial score (nSPS) is 23.1. The third-order valence-electron chi connectivity index (χ3n) is 0. The van der Waals surface area contributed by atoms with Gasteiger partial charge in [0.1, 0.15) is 0 Å². The molecule has 0 fully saturated rings. The molecule has 0 aromatic heterocycles. The van der Waals surface area contributed by atoms with Gasteiger partial charge in [-0.3, -0.25) is 0 Å². The van der Waals surface area contributed by atoms with Crippen molar-refractivity contribution < 1.29 is 35.5 Å². The summed E-state index contributed by atoms with van der Waals surface area (Å²) in [6.07, 6.45) is 0. The van der Waals surface area contributed by atoms with Crippen LogP contribution in [0.5, 0.6) is 0 Å². The monoisotopic (exact) mass is 220 g/mol. The van der Waals surface area contributed by atoms with E-state index < -0.39 is 16.2 Å². The molecule has 0 heterocycles. The van der Waals surface area contributed by atoms with Crippen LogP contribution in [-0.4, -0.2) is 0 Å². The van der Waals surface area contributed by atoms with Crippen LogP contribution in [0.4, 0.5) is 19.3 Å². The average molecular weight is 220 g/mol. The van der Waals surface area contributed by atoms with Gasteiger partial charge in [0, 0.05) is 0 Å². The molecule has 0 aliphatic rings. The fraction of sp³-hybridized carbons (Fsp3) is 0. The topological polar surface area (TPSA) is 0 Å². The molecular formula is F6Pd-2. The van der Waals surface area contributed by atoms with E-state index in [-0.39, 0.29) is 0 Å². The third kappa shape index (κ3) is 1910. The molecule has 7 heteroatoms. The van der Waals surface area contributed by atoms with E-state index in [4.69, 9.17) is 0 Å². The molecule has 0 aliphatic heterocycles. The maximum absolute atomic E-state index is 10.9. The fourth-order valence-corrected chi connectivity index (χ4v) is 0. The summed E-state index contributed by atoms with van der Waals surface area (Å²) in [4.78, 5) is 0. The van der Waals surface area contributed by atoms with E-state index in [0.29, 0.717) is 0 Å². The molecule has 0 aliphatic carbocycles. The maximum atomic E-state index is 9.89. The van der Waals surface area contributed by atoms with Gasteiger partial charge in [0.05, 0.1) is 0 Å². The van der Waals surface area contributed by atoms with Gasteiger partial charge in [-0.2, -0.15) is 0 Å². The van der Waals surface area contributed by atoms with Crippen molar-refractivity contribution in [1.82, 2.24) is 0 Å². The Labute approximate surface area is 36.4 Å². The zero-order chi connectivity index (χ0) is 6.41. The number of hydrogen-bond donors (Lipinski definition) is 0. The SMILES string of the molecule is [F][Pd-2]([F])([F])([F])([F])[F]. The first-order chi connectivity index (χ1) is 2.45. The summed E-state index contributed by atoms with van der Waals surface area (Å²) in [5, 5.41) is 0. The van der Waals surface area contributed by atoms with Crippen LogP contribution in [0.2, 0.25) is 0 Å². The van der Waals surface area contributed by atoms with Gasteiger partial charge >= 0.3 is 35.5 Å². The molecule has 0 N–H and O–H groups in total. The van der Waals surface area contributed by atoms with Crippen LogP contribution >= 0.6 is 0 Å². The van der Waals surface area contributed by atoms with E-state index in [0.717, 1.165) is 0 Å². The molecule has 0 nitrogen and oxygen atoms in total. The van der Waals surface area contributed by atoms with Crippen LogP contribution in [0, 0.1) is 0 Å². The van der Waals surface area contributed by atoms with Gasteiger partial charge in [-0.15, -0.1) is 0 Å². The van der Waals surface area contributed by atoms with Gasteiger partial charge in [-0.05, 0) is 0 Å². The van der Waals surface area contributed by atoms with Gasteiger partial charge in [-0.25, -0.2) is 0 Å². The van der Waals surface area contributed by atoms with E-state index >= 15 is 0 Å². The van der Waals surface area contributed by atoms with Crippen LogP contribution in [0.3, 0.4) is 0 Å². The summed E-state index contributed by atoms with van der Waals surface area (Å²) in [5.74, 6) is 0. The minimum absolute atomic E-state index is 9.89. The second-order valence-electron chi connectivity index (χ2n) is 0.678. The van der Waals surface area contributed by atoms with Crippen molar-refractivity contribution in [3.05, 3.63) is 0 Å². The molecule has 0 radical (unpaired) electrons. The van der Waals surface area contributed by atoms with Crippen molar-refractivity contribution in [3.8, 4) is 0 Å². The van der Waals surface area contributed by atoms with Crippen LogP contribution in [0.15, 0.2) is 0 Å². The summed E-state index contributed by atoms with van der Waals surface area (Å²) in [6.45, 7) is 0. The second-order valence-corrected chi connectivity index (χ2v) is 4.01. The van der Waals surface area contributed by atoms with Gasteiger partial charge in [0.25, 0.3) is 0 Å². The summed E-state index contributed by atoms with van der Waals surface area (Å²) >= 11 is -10.9. The Bertz CT molecular complexity index is 62.7. The second kappa shape index (κ2) is 0.738.